The molecular weight excluding hydrogens is 566 g/mol. The van der Waals surface area contributed by atoms with E-state index in [9.17, 15) is 18.3 Å². The zero-order valence-electron chi connectivity index (χ0n) is 24.5. The summed E-state index contributed by atoms with van der Waals surface area (Å²) < 4.78 is 73.4. The highest BCUT2D eigenvalue weighted by molar-refractivity contribution is 5.85. The molecule has 2 aliphatic rings. The van der Waals surface area contributed by atoms with E-state index in [1.165, 1.54) is 0 Å². The van der Waals surface area contributed by atoms with Crippen LogP contribution < -0.4 is 9.47 Å². The molecule has 7 nitrogen and oxygen atoms in total. The van der Waals surface area contributed by atoms with Gasteiger partial charge in [-0.25, -0.2) is 13.2 Å². The molecule has 3 aromatic rings. The van der Waals surface area contributed by atoms with Crippen LogP contribution in [0, 0.1) is 22.9 Å². The topological polar surface area (TPSA) is 67.3 Å². The third-order valence-corrected chi connectivity index (χ3v) is 8.82. The molecule has 0 spiro atoms. The number of hydrogen-bond donors (Lipinski definition) is 1. The highest BCUT2D eigenvalue weighted by Crippen LogP contribution is 2.41. The monoisotopic (exact) mass is 605 g/mol. The molecule has 5 rings (SSSR count). The largest absolute Gasteiger partial charge is 0.497 e. The zero-order chi connectivity index (χ0) is 30.4. The molecule has 1 atom stereocenters. The number of pyridine rings is 1. The first-order valence-corrected chi connectivity index (χ1v) is 14.8. The third kappa shape index (κ3) is 7.57. The Bertz CT molecular complexity index is 1380. The number of benzene rings is 2. The molecule has 2 fully saturated rings. The molecule has 234 valence electrons. The van der Waals surface area contributed by atoms with Gasteiger partial charge in [-0.05, 0) is 68.0 Å². The zero-order valence-corrected chi connectivity index (χ0v) is 24.5. The molecule has 0 bridgehead atoms. The van der Waals surface area contributed by atoms with Gasteiger partial charge in [0.2, 0.25) is 5.82 Å². The predicted molar refractivity (Wildman–Crippen MR) is 154 cm³/mol. The van der Waals surface area contributed by atoms with Gasteiger partial charge in [0.15, 0.2) is 11.6 Å². The number of alkyl halides is 1. The maximum absolute atomic E-state index is 16.4. The van der Waals surface area contributed by atoms with Crippen molar-refractivity contribution in [2.75, 3.05) is 66.3 Å². The highest BCUT2D eigenvalue weighted by atomic mass is 19.2. The van der Waals surface area contributed by atoms with Gasteiger partial charge in [0.1, 0.15) is 24.3 Å². The molecule has 11 heteroatoms. The Kier molecular flexibility index (Phi) is 10.4. The molecule has 2 aromatic carbocycles. The highest BCUT2D eigenvalue weighted by Gasteiger charge is 2.35. The number of nitrogens with zero attached hydrogens (tertiary/aromatic N) is 3. The Labute approximate surface area is 249 Å². The predicted octanol–water partition coefficient (Wildman–Crippen LogP) is 5.44. The van der Waals surface area contributed by atoms with Crippen molar-refractivity contribution in [1.82, 2.24) is 14.8 Å². The van der Waals surface area contributed by atoms with Gasteiger partial charge >= 0.3 is 0 Å². The summed E-state index contributed by atoms with van der Waals surface area (Å²) in [5.74, 6) is -3.23. The van der Waals surface area contributed by atoms with Gasteiger partial charge in [-0.3, -0.25) is 14.8 Å². The van der Waals surface area contributed by atoms with E-state index in [1.807, 2.05) is 18.2 Å². The number of piperidine rings is 1. The minimum absolute atomic E-state index is 0.0522. The number of rotatable bonds is 12. The molecule has 0 saturated carbocycles. The number of methoxy groups -OCH3 is 1. The summed E-state index contributed by atoms with van der Waals surface area (Å²) in [6.45, 7) is 5.13. The lowest BCUT2D eigenvalue weighted by Crippen LogP contribution is -2.43. The van der Waals surface area contributed by atoms with Crippen LogP contribution in [0.15, 0.2) is 36.5 Å². The first-order valence-electron chi connectivity index (χ1n) is 14.8. The third-order valence-electron chi connectivity index (χ3n) is 8.82. The number of morpholine rings is 1. The summed E-state index contributed by atoms with van der Waals surface area (Å²) in [6.07, 6.45) is 2.59. The molecule has 1 aromatic heterocycles. The van der Waals surface area contributed by atoms with Crippen LogP contribution in [0.5, 0.6) is 11.5 Å². The van der Waals surface area contributed by atoms with Crippen LogP contribution in [-0.2, 0) is 11.3 Å². The van der Waals surface area contributed by atoms with E-state index in [-0.39, 0.29) is 19.6 Å². The fraction of sp³-hybridized carbons (Fsp3) is 0.531. The van der Waals surface area contributed by atoms with Gasteiger partial charge in [0.25, 0.3) is 0 Å². The molecule has 2 saturated heterocycles. The minimum Gasteiger partial charge on any atom is -0.497 e. The number of hydrogen-bond acceptors (Lipinski definition) is 7. The van der Waals surface area contributed by atoms with Crippen molar-refractivity contribution in [2.24, 2.45) is 5.41 Å². The van der Waals surface area contributed by atoms with Gasteiger partial charge in [-0.2, -0.15) is 4.39 Å². The number of aliphatic hydroxyl groups excluding tert-OH is 1. The van der Waals surface area contributed by atoms with Crippen LogP contribution >= 0.6 is 0 Å². The maximum atomic E-state index is 16.4. The fourth-order valence-electron chi connectivity index (χ4n) is 6.09. The molecule has 43 heavy (non-hydrogen) atoms. The summed E-state index contributed by atoms with van der Waals surface area (Å²) in [5, 5.41) is 11.1. The minimum atomic E-state index is -1.29. The second-order valence-electron chi connectivity index (χ2n) is 11.5. The van der Waals surface area contributed by atoms with E-state index < -0.39 is 34.8 Å². The number of aliphatic hydroxyl groups is 1. The first-order chi connectivity index (χ1) is 20.8. The lowest BCUT2D eigenvalue weighted by atomic mass is 9.74. The molecule has 0 radical (unpaired) electrons. The lowest BCUT2D eigenvalue weighted by molar-refractivity contribution is 0.0260. The molecule has 0 amide bonds. The molecule has 0 aliphatic carbocycles. The molecule has 1 N–H and O–H groups in total. The summed E-state index contributed by atoms with van der Waals surface area (Å²) in [5.41, 5.74) is 1.75. The van der Waals surface area contributed by atoms with Crippen LogP contribution in [0.25, 0.3) is 10.9 Å². The van der Waals surface area contributed by atoms with Crippen molar-refractivity contribution in [3.05, 3.63) is 65.1 Å². The Hall–Kier alpha value is -2.99. The second-order valence-corrected chi connectivity index (χ2v) is 11.5. The van der Waals surface area contributed by atoms with E-state index in [0.29, 0.717) is 81.6 Å². The van der Waals surface area contributed by atoms with Gasteiger partial charge in [0.05, 0.1) is 25.8 Å². The van der Waals surface area contributed by atoms with Gasteiger partial charge in [-0.1, -0.05) is 0 Å². The van der Waals surface area contributed by atoms with E-state index in [4.69, 9.17) is 14.2 Å². The van der Waals surface area contributed by atoms with Crippen molar-refractivity contribution in [2.45, 2.75) is 38.4 Å². The maximum Gasteiger partial charge on any atom is 0.200 e. The molecular formula is C32H39F4N3O4. The summed E-state index contributed by atoms with van der Waals surface area (Å²) >= 11 is 0. The number of likely N-dealkylation sites (tertiary alicyclic amines) is 1. The van der Waals surface area contributed by atoms with Gasteiger partial charge in [0, 0.05) is 62.1 Å². The van der Waals surface area contributed by atoms with Gasteiger partial charge < -0.3 is 19.3 Å². The molecule has 2 aliphatic heterocycles. The van der Waals surface area contributed by atoms with Crippen molar-refractivity contribution in [1.29, 1.82) is 0 Å². The van der Waals surface area contributed by atoms with E-state index >= 15 is 4.39 Å². The van der Waals surface area contributed by atoms with Crippen LogP contribution in [0.4, 0.5) is 17.6 Å². The number of aromatic nitrogens is 1. The fourth-order valence-corrected chi connectivity index (χ4v) is 6.09. The van der Waals surface area contributed by atoms with Crippen molar-refractivity contribution < 1.29 is 36.9 Å². The Balaban J connectivity index is 1.22. The number of halogens is 4. The normalized spacial score (nSPS) is 18.6. The summed E-state index contributed by atoms with van der Waals surface area (Å²) in [6, 6.07) is 6.81. The van der Waals surface area contributed by atoms with Crippen LogP contribution in [-0.4, -0.2) is 86.2 Å². The Morgan fingerprint density at radius 3 is 2.53 bits per heavy atom. The SMILES string of the molecule is COc1ccc2ncc(CN3CCOCC3)c([C@@H](F)CCC3(CO)CCN(CCOc4cc(F)cc(F)c4F)CC3)c2c1. The standard InChI is InChI=1S/C32H39F4N3O4/c1-41-24-2-3-28-25(18-24)30(22(19-37-28)20-39-10-13-42-14-11-39)26(34)4-5-32(21-40)6-8-38(9-7-32)12-15-43-29-17-23(33)16-27(35)31(29)36/h2-3,16-19,26,40H,4-15,20-21H2,1H3/t26-/m0/s1. The second kappa shape index (κ2) is 14.2. The number of fused-ring (bicyclic) bond motifs is 1. The van der Waals surface area contributed by atoms with E-state index in [2.05, 4.69) is 14.8 Å². The van der Waals surface area contributed by atoms with Crippen LogP contribution in [0.1, 0.15) is 43.0 Å². The van der Waals surface area contributed by atoms with Gasteiger partial charge in [-0.15, -0.1) is 0 Å². The summed E-state index contributed by atoms with van der Waals surface area (Å²) in [7, 11) is 1.59. The number of ether oxygens (including phenoxy) is 3. The summed E-state index contributed by atoms with van der Waals surface area (Å²) in [4.78, 5) is 8.96. The Morgan fingerprint density at radius 2 is 1.81 bits per heavy atom. The van der Waals surface area contributed by atoms with Crippen molar-refractivity contribution in [3.63, 3.8) is 0 Å². The van der Waals surface area contributed by atoms with Crippen molar-refractivity contribution in [3.8, 4) is 11.5 Å². The quantitative estimate of drug-likeness (QED) is 0.218. The Morgan fingerprint density at radius 1 is 1.05 bits per heavy atom. The average Bonchev–Trinajstić information content (AvgIpc) is 3.03. The smallest absolute Gasteiger partial charge is 0.200 e. The van der Waals surface area contributed by atoms with Crippen LogP contribution in [0.2, 0.25) is 0 Å². The molecule has 3 heterocycles. The average molecular weight is 606 g/mol. The van der Waals surface area contributed by atoms with Crippen LogP contribution in [0.3, 0.4) is 0 Å². The van der Waals surface area contributed by atoms with E-state index in [0.717, 1.165) is 30.1 Å². The first kappa shape index (κ1) is 31.4. The van der Waals surface area contributed by atoms with E-state index in [1.54, 1.807) is 13.3 Å². The molecule has 0 unspecified atom stereocenters. The van der Waals surface area contributed by atoms with Crippen molar-refractivity contribution >= 4 is 10.9 Å². The lowest BCUT2D eigenvalue weighted by Gasteiger charge is -2.41.